The zero-order valence-corrected chi connectivity index (χ0v) is 18.3. The second-order valence-corrected chi connectivity index (χ2v) is 10.0. The van der Waals surface area contributed by atoms with Gasteiger partial charge in [0.25, 0.3) is 0 Å². The summed E-state index contributed by atoms with van der Waals surface area (Å²) in [6, 6.07) is 1.83. The maximum absolute atomic E-state index is 14.9. The predicted molar refractivity (Wildman–Crippen MR) is 114 cm³/mol. The van der Waals surface area contributed by atoms with Gasteiger partial charge in [0, 0.05) is 5.56 Å². The molecule has 29 heavy (non-hydrogen) atoms. The summed E-state index contributed by atoms with van der Waals surface area (Å²) in [7, 11) is 0. The van der Waals surface area contributed by atoms with E-state index in [0.717, 1.165) is 36.2 Å². The molecule has 1 heterocycles. The van der Waals surface area contributed by atoms with Gasteiger partial charge in [-0.1, -0.05) is 45.4 Å². The topological polar surface area (TPSA) is 12.5 Å². The molecule has 1 aliphatic heterocycles. The molecule has 162 valence electrons. The molecule has 0 radical (unpaired) electrons. The van der Waals surface area contributed by atoms with Crippen LogP contribution in [0.15, 0.2) is 6.07 Å². The van der Waals surface area contributed by atoms with Crippen molar-refractivity contribution in [3.8, 4) is 0 Å². The van der Waals surface area contributed by atoms with Crippen LogP contribution in [0.25, 0.3) is 0 Å². The fourth-order valence-electron chi connectivity index (χ4n) is 6.27. The molecule has 1 aromatic rings. The minimum atomic E-state index is -0.670. The number of unbranched alkanes of at least 4 members (excludes halogenated alkanes) is 2. The first-order valence-electron chi connectivity index (χ1n) is 12.2. The second kappa shape index (κ2) is 9.45. The highest BCUT2D eigenvalue weighted by atomic mass is 19.2. The fraction of sp³-hybridized carbons (Fsp3) is 0.769. The summed E-state index contributed by atoms with van der Waals surface area (Å²) in [5.41, 5.74) is 1.96. The average Bonchev–Trinajstić information content (AvgIpc) is 3.57. The van der Waals surface area contributed by atoms with Crippen LogP contribution in [0.2, 0.25) is 0 Å². The van der Waals surface area contributed by atoms with Crippen molar-refractivity contribution in [2.24, 2.45) is 17.8 Å². The van der Waals surface area contributed by atoms with Crippen molar-refractivity contribution in [1.29, 1.82) is 0 Å². The normalized spacial score (nSPS) is 32.3. The third-order valence-electron chi connectivity index (χ3n) is 8.11. The minimum Gasteiger partial charge on any atom is -0.368 e. The molecule has 3 aliphatic rings. The van der Waals surface area contributed by atoms with E-state index in [4.69, 9.17) is 4.74 Å². The quantitative estimate of drug-likeness (QED) is 0.331. The molecule has 2 aliphatic carbocycles. The molecular weight excluding hydrogens is 366 g/mol. The molecule has 0 bridgehead atoms. The lowest BCUT2D eigenvalue weighted by atomic mass is 9.67. The maximum atomic E-state index is 14.9. The first-order valence-corrected chi connectivity index (χ1v) is 12.2. The standard InChI is InChI=1S/C26H38F2O/c1-3-4-5-6-18-7-9-19(10-8-18)20-11-13-21(14-12-20)24-17(2)15-22(23-16-29-23)25(27)26(24)28/h15,18-21,23H,3-14,16H2,1-2H3/t18?,19?,20?,21?,23-/m0/s1. The molecule has 0 amide bonds. The highest BCUT2D eigenvalue weighted by Crippen LogP contribution is 2.46. The monoisotopic (exact) mass is 404 g/mol. The van der Waals surface area contributed by atoms with Gasteiger partial charge in [-0.3, -0.25) is 0 Å². The lowest BCUT2D eigenvalue weighted by Crippen LogP contribution is -2.26. The van der Waals surface area contributed by atoms with Crippen LogP contribution in [0.3, 0.4) is 0 Å². The number of benzene rings is 1. The Bertz CT molecular complexity index is 680. The number of ether oxygens (including phenoxy) is 1. The van der Waals surface area contributed by atoms with Crippen LogP contribution in [-0.4, -0.2) is 6.61 Å². The minimum absolute atomic E-state index is 0.181. The summed E-state index contributed by atoms with van der Waals surface area (Å²) in [5.74, 6) is 1.54. The first-order chi connectivity index (χ1) is 14.1. The van der Waals surface area contributed by atoms with E-state index < -0.39 is 11.6 Å². The average molecular weight is 405 g/mol. The molecule has 1 aromatic carbocycles. The molecule has 0 aromatic heterocycles. The van der Waals surface area contributed by atoms with Crippen LogP contribution >= 0.6 is 0 Å². The van der Waals surface area contributed by atoms with Crippen LogP contribution in [0.5, 0.6) is 0 Å². The Labute approximate surface area is 175 Å². The Balaban J connectivity index is 1.31. The molecule has 3 fully saturated rings. The van der Waals surface area contributed by atoms with E-state index in [1.54, 1.807) is 0 Å². The Hall–Kier alpha value is -0.960. The van der Waals surface area contributed by atoms with E-state index in [2.05, 4.69) is 6.92 Å². The largest absolute Gasteiger partial charge is 0.368 e. The van der Waals surface area contributed by atoms with E-state index in [-0.39, 0.29) is 12.0 Å². The smallest absolute Gasteiger partial charge is 0.165 e. The Morgan fingerprint density at radius 1 is 0.897 bits per heavy atom. The number of rotatable bonds is 7. The maximum Gasteiger partial charge on any atom is 0.165 e. The Kier molecular flexibility index (Phi) is 6.94. The van der Waals surface area contributed by atoms with Gasteiger partial charge in [-0.2, -0.15) is 0 Å². The van der Waals surface area contributed by atoms with Crippen molar-refractivity contribution in [2.75, 3.05) is 6.61 Å². The summed E-state index contributed by atoms with van der Waals surface area (Å²) >= 11 is 0. The highest BCUT2D eigenvalue weighted by molar-refractivity contribution is 5.38. The zero-order chi connectivity index (χ0) is 20.4. The van der Waals surface area contributed by atoms with Gasteiger partial charge in [0.15, 0.2) is 11.6 Å². The number of aryl methyl sites for hydroxylation is 1. The van der Waals surface area contributed by atoms with Crippen LogP contribution in [0.1, 0.15) is 113 Å². The molecule has 4 rings (SSSR count). The van der Waals surface area contributed by atoms with Crippen molar-refractivity contribution in [2.45, 2.75) is 103 Å². The lowest BCUT2D eigenvalue weighted by molar-refractivity contribution is 0.155. The lowest BCUT2D eigenvalue weighted by Gasteiger charge is -2.38. The van der Waals surface area contributed by atoms with Crippen molar-refractivity contribution >= 4 is 0 Å². The van der Waals surface area contributed by atoms with Crippen molar-refractivity contribution in [3.05, 3.63) is 34.4 Å². The summed E-state index contributed by atoms with van der Waals surface area (Å²) < 4.78 is 34.6. The summed E-state index contributed by atoms with van der Waals surface area (Å²) in [6.07, 6.45) is 15.3. The van der Waals surface area contributed by atoms with Gasteiger partial charge in [0.2, 0.25) is 0 Å². The van der Waals surface area contributed by atoms with E-state index >= 15 is 0 Å². The van der Waals surface area contributed by atoms with E-state index in [1.165, 1.54) is 64.2 Å². The van der Waals surface area contributed by atoms with Crippen molar-refractivity contribution < 1.29 is 13.5 Å². The number of epoxide rings is 1. The van der Waals surface area contributed by atoms with Crippen LogP contribution in [0.4, 0.5) is 8.78 Å². The van der Waals surface area contributed by atoms with Gasteiger partial charge in [0.1, 0.15) is 6.10 Å². The summed E-state index contributed by atoms with van der Waals surface area (Å²) in [4.78, 5) is 0. The van der Waals surface area contributed by atoms with E-state index in [0.29, 0.717) is 17.7 Å². The van der Waals surface area contributed by atoms with Gasteiger partial charge in [-0.25, -0.2) is 8.78 Å². The molecular formula is C26H38F2O. The fourth-order valence-corrected chi connectivity index (χ4v) is 6.27. The molecule has 0 unspecified atom stereocenters. The summed E-state index contributed by atoms with van der Waals surface area (Å²) in [5, 5.41) is 0. The number of hydrogen-bond acceptors (Lipinski definition) is 1. The van der Waals surface area contributed by atoms with Gasteiger partial charge >= 0.3 is 0 Å². The van der Waals surface area contributed by atoms with Gasteiger partial charge in [0.05, 0.1) is 6.61 Å². The third kappa shape index (κ3) is 4.86. The molecule has 1 nitrogen and oxygen atoms in total. The Morgan fingerprint density at radius 3 is 2.10 bits per heavy atom. The summed E-state index contributed by atoms with van der Waals surface area (Å²) in [6.45, 7) is 4.74. The Morgan fingerprint density at radius 2 is 1.52 bits per heavy atom. The van der Waals surface area contributed by atoms with Crippen LogP contribution in [0, 0.1) is 36.3 Å². The van der Waals surface area contributed by atoms with Crippen LogP contribution < -0.4 is 0 Å². The molecule has 1 atom stereocenters. The molecule has 0 N–H and O–H groups in total. The van der Waals surface area contributed by atoms with Gasteiger partial charge < -0.3 is 4.74 Å². The van der Waals surface area contributed by atoms with E-state index in [9.17, 15) is 8.78 Å². The van der Waals surface area contributed by atoms with Gasteiger partial charge in [-0.05, 0) is 86.3 Å². The SMILES string of the molecule is CCCCCC1CCC(C2CCC(c3c(C)cc([C@@H]4CO4)c(F)c3F)CC2)CC1. The predicted octanol–water partition coefficient (Wildman–Crippen LogP) is 8.01. The zero-order valence-electron chi connectivity index (χ0n) is 18.3. The van der Waals surface area contributed by atoms with Crippen molar-refractivity contribution in [1.82, 2.24) is 0 Å². The number of hydrogen-bond donors (Lipinski definition) is 0. The van der Waals surface area contributed by atoms with Crippen molar-refractivity contribution in [3.63, 3.8) is 0 Å². The first kappa shape index (κ1) is 21.3. The van der Waals surface area contributed by atoms with Gasteiger partial charge in [-0.15, -0.1) is 0 Å². The number of halogens is 2. The second-order valence-electron chi connectivity index (χ2n) is 10.0. The molecule has 0 spiro atoms. The third-order valence-corrected chi connectivity index (χ3v) is 8.11. The molecule has 1 saturated heterocycles. The molecule has 2 saturated carbocycles. The molecule has 3 heteroatoms. The van der Waals surface area contributed by atoms with E-state index in [1.807, 2.05) is 13.0 Å². The highest BCUT2D eigenvalue weighted by Gasteiger charge is 2.35. The van der Waals surface area contributed by atoms with Crippen LogP contribution in [-0.2, 0) is 4.74 Å².